The molecule has 0 aliphatic carbocycles. The van der Waals surface area contributed by atoms with E-state index in [1.807, 2.05) is 0 Å². The van der Waals surface area contributed by atoms with E-state index in [4.69, 9.17) is 25.5 Å². The van der Waals surface area contributed by atoms with Crippen LogP contribution in [0.4, 0.5) is 0 Å². The van der Waals surface area contributed by atoms with Gasteiger partial charge in [-0.05, 0) is 44.0 Å². The maximum Gasteiger partial charge on any atom is 0.374 e. The minimum atomic E-state index is -0.711. The first-order valence-corrected chi connectivity index (χ1v) is 9.16. The SMILES string of the molecule is CCOC(=O)C1CCN(C(=O)COC(=O)c2cc3cc(Cl)ccc3o2)CC1. The van der Waals surface area contributed by atoms with Crippen molar-refractivity contribution in [3.8, 4) is 0 Å². The van der Waals surface area contributed by atoms with E-state index in [-0.39, 0.29) is 30.2 Å². The van der Waals surface area contributed by atoms with E-state index in [1.165, 1.54) is 6.07 Å². The summed E-state index contributed by atoms with van der Waals surface area (Å²) in [6.45, 7) is 2.61. The molecule has 1 saturated heterocycles. The zero-order valence-corrected chi connectivity index (χ0v) is 15.7. The summed E-state index contributed by atoms with van der Waals surface area (Å²) in [5, 5.41) is 1.21. The number of carbonyl (C=O) groups is 3. The van der Waals surface area contributed by atoms with Crippen LogP contribution in [0, 0.1) is 5.92 Å². The molecule has 8 heteroatoms. The van der Waals surface area contributed by atoms with Crippen LogP contribution in [0.15, 0.2) is 28.7 Å². The van der Waals surface area contributed by atoms with Crippen molar-refractivity contribution < 1.29 is 28.3 Å². The zero-order chi connectivity index (χ0) is 19.4. The molecule has 1 amide bonds. The summed E-state index contributed by atoms with van der Waals surface area (Å²) in [7, 11) is 0. The number of ether oxygens (including phenoxy) is 2. The Hall–Kier alpha value is -2.54. The van der Waals surface area contributed by atoms with Gasteiger partial charge in [0.05, 0.1) is 12.5 Å². The summed E-state index contributed by atoms with van der Waals surface area (Å²) in [5.74, 6) is -1.40. The molecule has 0 saturated carbocycles. The Morgan fingerprint density at radius 1 is 1.19 bits per heavy atom. The van der Waals surface area contributed by atoms with Crippen molar-refractivity contribution in [2.45, 2.75) is 19.8 Å². The second-order valence-electron chi connectivity index (χ2n) is 6.28. The average Bonchev–Trinajstić information content (AvgIpc) is 3.09. The molecule has 1 aliphatic heterocycles. The first kappa shape index (κ1) is 19.2. The molecule has 0 N–H and O–H groups in total. The van der Waals surface area contributed by atoms with Crippen LogP contribution in [0.5, 0.6) is 0 Å². The van der Waals surface area contributed by atoms with E-state index < -0.39 is 5.97 Å². The summed E-state index contributed by atoms with van der Waals surface area (Å²) in [5.41, 5.74) is 0.513. The van der Waals surface area contributed by atoms with E-state index in [0.717, 1.165) is 0 Å². The number of amides is 1. The second kappa shape index (κ2) is 8.43. The van der Waals surface area contributed by atoms with Crippen molar-refractivity contribution in [2.75, 3.05) is 26.3 Å². The molecule has 3 rings (SSSR count). The molecule has 0 unspecified atom stereocenters. The van der Waals surface area contributed by atoms with E-state index in [0.29, 0.717) is 48.5 Å². The zero-order valence-electron chi connectivity index (χ0n) is 14.9. The molecular weight excluding hydrogens is 374 g/mol. The van der Waals surface area contributed by atoms with Gasteiger partial charge in [0, 0.05) is 23.5 Å². The molecule has 1 aliphatic rings. The first-order valence-electron chi connectivity index (χ1n) is 8.78. The fourth-order valence-electron chi connectivity index (χ4n) is 3.03. The smallest absolute Gasteiger partial charge is 0.374 e. The lowest BCUT2D eigenvalue weighted by Crippen LogP contribution is -2.42. The normalized spacial score (nSPS) is 15.0. The highest BCUT2D eigenvalue weighted by atomic mass is 35.5. The Bertz CT molecular complexity index is 853. The van der Waals surface area contributed by atoms with Gasteiger partial charge in [-0.25, -0.2) is 4.79 Å². The predicted molar refractivity (Wildman–Crippen MR) is 97.4 cm³/mol. The van der Waals surface area contributed by atoms with Gasteiger partial charge in [-0.2, -0.15) is 0 Å². The topological polar surface area (TPSA) is 86.0 Å². The lowest BCUT2D eigenvalue weighted by Gasteiger charge is -2.30. The van der Waals surface area contributed by atoms with Crippen molar-refractivity contribution in [1.82, 2.24) is 4.90 Å². The number of hydrogen-bond acceptors (Lipinski definition) is 6. The fraction of sp³-hybridized carbons (Fsp3) is 0.421. The molecule has 0 atom stereocenters. The number of esters is 2. The molecule has 27 heavy (non-hydrogen) atoms. The summed E-state index contributed by atoms with van der Waals surface area (Å²) in [6.07, 6.45) is 1.09. The lowest BCUT2D eigenvalue weighted by molar-refractivity contribution is -0.151. The maximum absolute atomic E-state index is 12.2. The number of furan rings is 1. The number of benzene rings is 1. The number of halogens is 1. The molecule has 1 aromatic heterocycles. The monoisotopic (exact) mass is 393 g/mol. The molecule has 1 aromatic carbocycles. The maximum atomic E-state index is 12.2. The molecule has 0 spiro atoms. The minimum absolute atomic E-state index is 0.0149. The Balaban J connectivity index is 1.50. The summed E-state index contributed by atoms with van der Waals surface area (Å²) < 4.78 is 15.5. The quantitative estimate of drug-likeness (QED) is 0.726. The van der Waals surface area contributed by atoms with Gasteiger partial charge >= 0.3 is 11.9 Å². The lowest BCUT2D eigenvalue weighted by atomic mass is 9.97. The van der Waals surface area contributed by atoms with E-state index in [9.17, 15) is 14.4 Å². The van der Waals surface area contributed by atoms with Gasteiger partial charge in [0.2, 0.25) is 5.76 Å². The molecule has 7 nitrogen and oxygen atoms in total. The van der Waals surface area contributed by atoms with Crippen LogP contribution in [0.1, 0.15) is 30.3 Å². The van der Waals surface area contributed by atoms with Gasteiger partial charge in [0.25, 0.3) is 5.91 Å². The third-order valence-corrected chi connectivity index (χ3v) is 4.71. The molecule has 2 heterocycles. The van der Waals surface area contributed by atoms with Crippen LogP contribution in [0.2, 0.25) is 5.02 Å². The molecule has 0 bridgehead atoms. The van der Waals surface area contributed by atoms with Crippen LogP contribution >= 0.6 is 11.6 Å². The van der Waals surface area contributed by atoms with Crippen LogP contribution < -0.4 is 0 Å². The number of likely N-dealkylation sites (tertiary alicyclic amines) is 1. The van der Waals surface area contributed by atoms with Crippen molar-refractivity contribution in [3.63, 3.8) is 0 Å². The third kappa shape index (κ3) is 4.60. The predicted octanol–water partition coefficient (Wildman–Crippen LogP) is 3.04. The standard InChI is InChI=1S/C19H20ClNO6/c1-2-25-18(23)12-5-7-21(8-6-12)17(22)11-26-19(24)16-10-13-9-14(20)3-4-15(13)27-16/h3-4,9-10,12H,2,5-8,11H2,1H3. The minimum Gasteiger partial charge on any atom is -0.466 e. The summed E-state index contributed by atoms with van der Waals surface area (Å²) in [6, 6.07) is 6.52. The summed E-state index contributed by atoms with van der Waals surface area (Å²) in [4.78, 5) is 37.7. The van der Waals surface area contributed by atoms with Gasteiger partial charge in [0.1, 0.15) is 5.58 Å². The van der Waals surface area contributed by atoms with Gasteiger partial charge < -0.3 is 18.8 Å². The molecular formula is C19H20ClNO6. The van der Waals surface area contributed by atoms with Crippen LogP contribution in [-0.2, 0) is 19.1 Å². The van der Waals surface area contributed by atoms with Crippen LogP contribution in [0.3, 0.4) is 0 Å². The van der Waals surface area contributed by atoms with Crippen molar-refractivity contribution in [3.05, 3.63) is 35.0 Å². The number of hydrogen-bond donors (Lipinski definition) is 0. The number of piperidine rings is 1. The Morgan fingerprint density at radius 3 is 2.63 bits per heavy atom. The van der Waals surface area contributed by atoms with Gasteiger partial charge in [-0.1, -0.05) is 11.6 Å². The number of carbonyl (C=O) groups excluding carboxylic acids is 3. The molecule has 2 aromatic rings. The number of fused-ring (bicyclic) bond motifs is 1. The average molecular weight is 394 g/mol. The van der Waals surface area contributed by atoms with E-state index in [2.05, 4.69) is 0 Å². The highest BCUT2D eigenvalue weighted by Gasteiger charge is 2.28. The van der Waals surface area contributed by atoms with Crippen molar-refractivity contribution in [2.24, 2.45) is 5.92 Å². The van der Waals surface area contributed by atoms with Gasteiger partial charge in [-0.3, -0.25) is 9.59 Å². The largest absolute Gasteiger partial charge is 0.466 e. The Labute approximate surface area is 161 Å². The highest BCUT2D eigenvalue weighted by Crippen LogP contribution is 2.23. The van der Waals surface area contributed by atoms with Crippen molar-refractivity contribution in [1.29, 1.82) is 0 Å². The van der Waals surface area contributed by atoms with E-state index in [1.54, 1.807) is 30.0 Å². The Morgan fingerprint density at radius 2 is 1.93 bits per heavy atom. The molecule has 144 valence electrons. The van der Waals surface area contributed by atoms with Crippen molar-refractivity contribution >= 4 is 40.4 Å². The number of nitrogens with zero attached hydrogens (tertiary/aromatic N) is 1. The molecule has 1 fully saturated rings. The molecule has 0 radical (unpaired) electrons. The van der Waals surface area contributed by atoms with Crippen LogP contribution in [-0.4, -0.2) is 49.0 Å². The number of rotatable bonds is 5. The first-order chi connectivity index (χ1) is 13.0. The fourth-order valence-corrected chi connectivity index (χ4v) is 3.21. The Kier molecular flexibility index (Phi) is 6.01. The van der Waals surface area contributed by atoms with Crippen LogP contribution in [0.25, 0.3) is 11.0 Å². The third-order valence-electron chi connectivity index (χ3n) is 4.47. The van der Waals surface area contributed by atoms with E-state index >= 15 is 0 Å². The highest BCUT2D eigenvalue weighted by molar-refractivity contribution is 6.31. The van der Waals surface area contributed by atoms with Gasteiger partial charge in [-0.15, -0.1) is 0 Å². The van der Waals surface area contributed by atoms with Gasteiger partial charge in [0.15, 0.2) is 6.61 Å². The second-order valence-corrected chi connectivity index (χ2v) is 6.71. The summed E-state index contributed by atoms with van der Waals surface area (Å²) >= 11 is 5.91.